The molecule has 2 aromatic rings. The van der Waals surface area contributed by atoms with E-state index >= 15 is 0 Å². The maximum absolute atomic E-state index is 12.7. The predicted molar refractivity (Wildman–Crippen MR) is 100 cm³/mol. The van der Waals surface area contributed by atoms with Crippen molar-refractivity contribution in [1.29, 1.82) is 0 Å². The molecule has 144 valence electrons. The Bertz CT molecular complexity index is 779. The molecular weight excluding hydrogens is 346 g/mol. The number of amides is 1. The smallest absolute Gasteiger partial charge is 0.233 e. The zero-order valence-corrected chi connectivity index (χ0v) is 16.0. The van der Waals surface area contributed by atoms with Crippen molar-refractivity contribution in [3.8, 4) is 17.5 Å². The first-order valence-electron chi connectivity index (χ1n) is 9.04. The van der Waals surface area contributed by atoms with Gasteiger partial charge in [0.25, 0.3) is 0 Å². The van der Waals surface area contributed by atoms with Crippen LogP contribution in [-0.2, 0) is 11.2 Å². The zero-order chi connectivity index (χ0) is 19.2. The summed E-state index contributed by atoms with van der Waals surface area (Å²) in [4.78, 5) is 14.6. The molecule has 7 heteroatoms. The minimum atomic E-state index is -0.0806. The van der Waals surface area contributed by atoms with Crippen LogP contribution in [0.15, 0.2) is 30.3 Å². The monoisotopic (exact) mass is 371 g/mol. The van der Waals surface area contributed by atoms with E-state index in [0.29, 0.717) is 24.7 Å². The molecule has 2 heterocycles. The summed E-state index contributed by atoms with van der Waals surface area (Å²) in [6, 6.07) is 9.28. The van der Waals surface area contributed by atoms with Crippen molar-refractivity contribution in [1.82, 2.24) is 15.1 Å². The summed E-state index contributed by atoms with van der Waals surface area (Å²) in [5, 5.41) is 7.90. The van der Waals surface area contributed by atoms with E-state index in [-0.39, 0.29) is 12.0 Å². The Morgan fingerprint density at radius 1 is 1.15 bits per heavy atom. The lowest BCUT2D eigenvalue weighted by Gasteiger charge is -2.32. The average Bonchev–Trinajstić information content (AvgIpc) is 2.69. The third kappa shape index (κ3) is 4.87. The summed E-state index contributed by atoms with van der Waals surface area (Å²) in [6.45, 7) is 3.29. The molecule has 1 fully saturated rings. The number of piperidine rings is 1. The molecule has 1 amide bonds. The van der Waals surface area contributed by atoms with E-state index in [9.17, 15) is 4.79 Å². The van der Waals surface area contributed by atoms with Crippen LogP contribution in [-0.4, -0.2) is 54.4 Å². The Kier molecular flexibility index (Phi) is 6.11. The molecule has 1 aliphatic heterocycles. The van der Waals surface area contributed by atoms with Crippen LogP contribution < -0.4 is 14.2 Å². The minimum absolute atomic E-state index is 0.0806. The first kappa shape index (κ1) is 18.9. The SMILES string of the molecule is COc1ccc(OC2CCCN(C(=O)Cc3ccc(OC)c(C)c3)C2)nn1. The predicted octanol–water partition coefficient (Wildman–Crippen LogP) is 2.41. The van der Waals surface area contributed by atoms with Crippen molar-refractivity contribution in [3.63, 3.8) is 0 Å². The van der Waals surface area contributed by atoms with Gasteiger partial charge in [0, 0.05) is 18.7 Å². The molecule has 1 unspecified atom stereocenters. The third-order valence-corrected chi connectivity index (χ3v) is 4.66. The first-order chi connectivity index (χ1) is 13.1. The molecule has 0 radical (unpaired) electrons. The van der Waals surface area contributed by atoms with Gasteiger partial charge in [-0.05, 0) is 37.0 Å². The Morgan fingerprint density at radius 3 is 2.59 bits per heavy atom. The summed E-state index contributed by atoms with van der Waals surface area (Å²) >= 11 is 0. The summed E-state index contributed by atoms with van der Waals surface area (Å²) in [5.41, 5.74) is 2.02. The average molecular weight is 371 g/mol. The van der Waals surface area contributed by atoms with E-state index in [0.717, 1.165) is 36.3 Å². The number of hydrogen-bond acceptors (Lipinski definition) is 6. The zero-order valence-electron chi connectivity index (χ0n) is 16.0. The van der Waals surface area contributed by atoms with Crippen molar-refractivity contribution in [3.05, 3.63) is 41.5 Å². The molecule has 3 rings (SSSR count). The van der Waals surface area contributed by atoms with Crippen LogP contribution in [0.2, 0.25) is 0 Å². The highest BCUT2D eigenvalue weighted by molar-refractivity contribution is 5.79. The maximum Gasteiger partial charge on any atom is 0.233 e. The lowest BCUT2D eigenvalue weighted by Crippen LogP contribution is -2.45. The van der Waals surface area contributed by atoms with E-state index in [1.807, 2.05) is 30.0 Å². The fraction of sp³-hybridized carbons (Fsp3) is 0.450. The van der Waals surface area contributed by atoms with Gasteiger partial charge in [0.15, 0.2) is 0 Å². The van der Waals surface area contributed by atoms with Gasteiger partial charge in [0.1, 0.15) is 11.9 Å². The van der Waals surface area contributed by atoms with E-state index in [1.54, 1.807) is 26.4 Å². The van der Waals surface area contributed by atoms with E-state index < -0.39 is 0 Å². The van der Waals surface area contributed by atoms with E-state index in [4.69, 9.17) is 14.2 Å². The Morgan fingerprint density at radius 2 is 1.93 bits per heavy atom. The van der Waals surface area contributed by atoms with Gasteiger partial charge in [0.2, 0.25) is 17.7 Å². The number of aryl methyl sites for hydroxylation is 1. The number of benzene rings is 1. The number of methoxy groups -OCH3 is 2. The second kappa shape index (κ2) is 8.70. The molecule has 1 aliphatic rings. The second-order valence-electron chi connectivity index (χ2n) is 6.62. The minimum Gasteiger partial charge on any atom is -0.496 e. The molecule has 1 aromatic carbocycles. The van der Waals surface area contributed by atoms with Gasteiger partial charge in [-0.3, -0.25) is 4.79 Å². The van der Waals surface area contributed by atoms with Crippen LogP contribution >= 0.6 is 0 Å². The number of ether oxygens (including phenoxy) is 3. The molecule has 0 saturated carbocycles. The fourth-order valence-electron chi connectivity index (χ4n) is 3.25. The number of rotatable bonds is 6. The number of nitrogens with zero attached hydrogens (tertiary/aromatic N) is 3. The quantitative estimate of drug-likeness (QED) is 0.776. The van der Waals surface area contributed by atoms with Gasteiger partial charge in [0.05, 0.1) is 27.2 Å². The standard InChI is InChI=1S/C20H25N3O4/c1-14-11-15(6-7-17(14)25-2)12-20(24)23-10-4-5-16(13-23)27-19-9-8-18(26-3)21-22-19/h6-9,11,16H,4-5,10,12-13H2,1-3H3. The largest absolute Gasteiger partial charge is 0.496 e. The van der Waals surface area contributed by atoms with Crippen molar-refractivity contribution < 1.29 is 19.0 Å². The molecule has 1 saturated heterocycles. The van der Waals surface area contributed by atoms with Gasteiger partial charge >= 0.3 is 0 Å². The number of hydrogen-bond donors (Lipinski definition) is 0. The molecule has 1 aromatic heterocycles. The highest BCUT2D eigenvalue weighted by atomic mass is 16.5. The van der Waals surface area contributed by atoms with Gasteiger partial charge in [-0.15, -0.1) is 10.2 Å². The Labute approximate surface area is 159 Å². The van der Waals surface area contributed by atoms with Crippen molar-refractivity contribution in [2.75, 3.05) is 27.3 Å². The molecule has 0 spiro atoms. The van der Waals surface area contributed by atoms with Crippen LogP contribution in [0.1, 0.15) is 24.0 Å². The number of aromatic nitrogens is 2. The lowest BCUT2D eigenvalue weighted by molar-refractivity contribution is -0.133. The fourth-order valence-corrected chi connectivity index (χ4v) is 3.25. The summed E-state index contributed by atoms with van der Waals surface area (Å²) < 4.78 is 16.2. The highest BCUT2D eigenvalue weighted by Crippen LogP contribution is 2.21. The molecular formula is C20H25N3O4. The van der Waals surface area contributed by atoms with E-state index in [1.165, 1.54) is 0 Å². The van der Waals surface area contributed by atoms with Gasteiger partial charge in [-0.2, -0.15) is 0 Å². The molecule has 27 heavy (non-hydrogen) atoms. The third-order valence-electron chi connectivity index (χ3n) is 4.66. The number of carbonyl (C=O) groups is 1. The highest BCUT2D eigenvalue weighted by Gasteiger charge is 2.25. The number of likely N-dealkylation sites (tertiary alicyclic amines) is 1. The lowest BCUT2D eigenvalue weighted by atomic mass is 10.0. The van der Waals surface area contributed by atoms with Crippen molar-refractivity contribution >= 4 is 5.91 Å². The van der Waals surface area contributed by atoms with Gasteiger partial charge in [-0.1, -0.05) is 12.1 Å². The maximum atomic E-state index is 12.7. The molecule has 0 N–H and O–H groups in total. The normalized spacial score (nSPS) is 16.7. The first-order valence-corrected chi connectivity index (χ1v) is 9.04. The summed E-state index contributed by atoms with van der Waals surface area (Å²) in [6.07, 6.45) is 2.09. The summed E-state index contributed by atoms with van der Waals surface area (Å²) in [5.74, 6) is 1.82. The van der Waals surface area contributed by atoms with E-state index in [2.05, 4.69) is 10.2 Å². The van der Waals surface area contributed by atoms with Crippen LogP contribution in [0.25, 0.3) is 0 Å². The van der Waals surface area contributed by atoms with Crippen molar-refractivity contribution in [2.24, 2.45) is 0 Å². The molecule has 0 bridgehead atoms. The van der Waals surface area contributed by atoms with Crippen LogP contribution in [0.3, 0.4) is 0 Å². The van der Waals surface area contributed by atoms with Gasteiger partial charge < -0.3 is 19.1 Å². The molecule has 1 atom stereocenters. The molecule has 0 aliphatic carbocycles. The molecule has 7 nitrogen and oxygen atoms in total. The van der Waals surface area contributed by atoms with Crippen LogP contribution in [0, 0.1) is 6.92 Å². The van der Waals surface area contributed by atoms with Crippen LogP contribution in [0.5, 0.6) is 17.5 Å². The second-order valence-corrected chi connectivity index (χ2v) is 6.62. The Balaban J connectivity index is 1.58. The number of carbonyl (C=O) groups excluding carboxylic acids is 1. The topological polar surface area (TPSA) is 73.8 Å². The Hall–Kier alpha value is -2.83. The summed E-state index contributed by atoms with van der Waals surface area (Å²) in [7, 11) is 3.19. The van der Waals surface area contributed by atoms with Crippen LogP contribution in [0.4, 0.5) is 0 Å². The van der Waals surface area contributed by atoms with Gasteiger partial charge in [-0.25, -0.2) is 0 Å². The van der Waals surface area contributed by atoms with Crippen molar-refractivity contribution in [2.45, 2.75) is 32.3 Å².